The second-order valence-corrected chi connectivity index (χ2v) is 7.49. The quantitative estimate of drug-likeness (QED) is 0.859. The fourth-order valence-corrected chi connectivity index (χ4v) is 3.64. The first-order chi connectivity index (χ1) is 9.50. The number of benzene rings is 1. The van der Waals surface area contributed by atoms with Crippen LogP contribution in [-0.4, -0.2) is 28.6 Å². The van der Waals surface area contributed by atoms with Gasteiger partial charge in [0, 0.05) is 0 Å². The fourth-order valence-electron chi connectivity index (χ4n) is 2.18. The lowest BCUT2D eigenvalue weighted by Crippen LogP contribution is -2.16. The maximum atomic E-state index is 12.7. The van der Waals surface area contributed by atoms with Crippen LogP contribution in [0, 0.1) is 6.92 Å². The van der Waals surface area contributed by atoms with Gasteiger partial charge in [-0.05, 0) is 54.8 Å². The van der Waals surface area contributed by atoms with E-state index in [1.165, 1.54) is 0 Å². The van der Waals surface area contributed by atoms with Crippen LogP contribution < -0.4 is 0 Å². The van der Waals surface area contributed by atoms with E-state index in [-0.39, 0.29) is 6.04 Å². The van der Waals surface area contributed by atoms with Crippen LogP contribution in [-0.2, 0) is 9.84 Å². The summed E-state index contributed by atoms with van der Waals surface area (Å²) in [4.78, 5) is 0.315. The maximum absolute atomic E-state index is 12.7. The van der Waals surface area contributed by atoms with Gasteiger partial charge in [-0.1, -0.05) is 12.1 Å². The van der Waals surface area contributed by atoms with Crippen LogP contribution in [0.4, 0.5) is 0 Å². The Kier molecular flexibility index (Phi) is 3.08. The second-order valence-electron chi connectivity index (χ2n) is 5.22. The zero-order chi connectivity index (χ0) is 14.3. The highest BCUT2D eigenvalue weighted by molar-refractivity contribution is 7.91. The van der Waals surface area contributed by atoms with Crippen molar-refractivity contribution in [3.05, 3.63) is 35.7 Å². The van der Waals surface area contributed by atoms with Gasteiger partial charge in [0.1, 0.15) is 5.25 Å². The highest BCUT2D eigenvalue weighted by Crippen LogP contribution is 2.37. The van der Waals surface area contributed by atoms with Crippen LogP contribution in [0.3, 0.4) is 0 Å². The first-order valence-corrected chi connectivity index (χ1v) is 8.13. The molecule has 1 unspecified atom stereocenters. The average Bonchev–Trinajstić information content (AvgIpc) is 3.15. The SMILES string of the molecule is Cc1cccc(S(=O)(=O)C(C)c2nnnn2C2CC2)c1. The van der Waals surface area contributed by atoms with E-state index in [2.05, 4.69) is 15.5 Å². The molecule has 106 valence electrons. The molecule has 0 aliphatic heterocycles. The van der Waals surface area contributed by atoms with Crippen LogP contribution in [0.1, 0.15) is 42.4 Å². The van der Waals surface area contributed by atoms with Gasteiger partial charge < -0.3 is 0 Å². The molecule has 0 bridgehead atoms. The van der Waals surface area contributed by atoms with Crippen molar-refractivity contribution in [2.45, 2.75) is 42.9 Å². The topological polar surface area (TPSA) is 77.7 Å². The van der Waals surface area contributed by atoms with Gasteiger partial charge in [0.15, 0.2) is 15.7 Å². The third-order valence-electron chi connectivity index (χ3n) is 3.56. The first kappa shape index (κ1) is 13.2. The van der Waals surface area contributed by atoms with Gasteiger partial charge in [0.25, 0.3) is 0 Å². The van der Waals surface area contributed by atoms with Crippen LogP contribution in [0.5, 0.6) is 0 Å². The summed E-state index contributed by atoms with van der Waals surface area (Å²) in [7, 11) is -3.48. The Morgan fingerprint density at radius 2 is 2.10 bits per heavy atom. The number of aromatic nitrogens is 4. The number of hydrogen-bond acceptors (Lipinski definition) is 5. The highest BCUT2D eigenvalue weighted by Gasteiger charge is 2.34. The Balaban J connectivity index is 2.00. The number of aryl methyl sites for hydroxylation is 1. The Hall–Kier alpha value is -1.76. The minimum Gasteiger partial charge on any atom is -0.225 e. The molecule has 6 nitrogen and oxygen atoms in total. The molecule has 1 aliphatic rings. The molecule has 1 fully saturated rings. The molecular weight excluding hydrogens is 276 g/mol. The summed E-state index contributed by atoms with van der Waals surface area (Å²) in [6.07, 6.45) is 2.02. The minimum atomic E-state index is -3.48. The Bertz CT molecular complexity index is 734. The summed E-state index contributed by atoms with van der Waals surface area (Å²) in [6, 6.07) is 7.17. The fraction of sp³-hybridized carbons (Fsp3) is 0.462. The Morgan fingerprint density at radius 1 is 1.35 bits per heavy atom. The Morgan fingerprint density at radius 3 is 2.75 bits per heavy atom. The average molecular weight is 292 g/mol. The molecule has 2 aromatic rings. The van der Waals surface area contributed by atoms with Crippen molar-refractivity contribution in [2.24, 2.45) is 0 Å². The maximum Gasteiger partial charge on any atom is 0.188 e. The van der Waals surface area contributed by atoms with Crippen LogP contribution >= 0.6 is 0 Å². The molecule has 0 saturated heterocycles. The van der Waals surface area contributed by atoms with E-state index in [9.17, 15) is 8.42 Å². The lowest BCUT2D eigenvalue weighted by atomic mass is 10.2. The zero-order valence-corrected chi connectivity index (χ0v) is 12.2. The van der Waals surface area contributed by atoms with Crippen molar-refractivity contribution in [3.63, 3.8) is 0 Å². The van der Waals surface area contributed by atoms with Gasteiger partial charge in [-0.15, -0.1) is 5.10 Å². The van der Waals surface area contributed by atoms with E-state index < -0.39 is 15.1 Å². The van der Waals surface area contributed by atoms with Crippen LogP contribution in [0.2, 0.25) is 0 Å². The molecule has 0 amide bonds. The van der Waals surface area contributed by atoms with E-state index >= 15 is 0 Å². The van der Waals surface area contributed by atoms with Crippen LogP contribution in [0.25, 0.3) is 0 Å². The molecule has 0 spiro atoms. The predicted octanol–water partition coefficient (Wildman–Crippen LogP) is 1.85. The second kappa shape index (κ2) is 4.66. The third-order valence-corrected chi connectivity index (χ3v) is 5.61. The molecule has 7 heteroatoms. The van der Waals surface area contributed by atoms with E-state index in [0.29, 0.717) is 10.7 Å². The van der Waals surface area contributed by atoms with Crippen molar-refractivity contribution in [2.75, 3.05) is 0 Å². The number of sulfone groups is 1. The van der Waals surface area contributed by atoms with E-state index in [1.54, 1.807) is 29.8 Å². The van der Waals surface area contributed by atoms with E-state index in [1.807, 2.05) is 13.0 Å². The largest absolute Gasteiger partial charge is 0.225 e. The third kappa shape index (κ3) is 2.22. The molecule has 1 saturated carbocycles. The normalized spacial score (nSPS) is 17.1. The Labute approximate surface area is 117 Å². The zero-order valence-electron chi connectivity index (χ0n) is 11.4. The van der Waals surface area contributed by atoms with E-state index in [0.717, 1.165) is 18.4 Å². The van der Waals surface area contributed by atoms with Gasteiger partial charge in [-0.3, -0.25) is 0 Å². The highest BCUT2D eigenvalue weighted by atomic mass is 32.2. The molecule has 0 radical (unpaired) electrons. The molecule has 20 heavy (non-hydrogen) atoms. The molecule has 3 rings (SSSR count). The molecule has 0 N–H and O–H groups in total. The van der Waals surface area contributed by atoms with Gasteiger partial charge in [0.05, 0.1) is 10.9 Å². The van der Waals surface area contributed by atoms with Gasteiger partial charge in [-0.2, -0.15) is 0 Å². The predicted molar refractivity (Wildman–Crippen MR) is 72.9 cm³/mol. The lowest BCUT2D eigenvalue weighted by Gasteiger charge is -2.13. The summed E-state index contributed by atoms with van der Waals surface area (Å²) >= 11 is 0. The van der Waals surface area contributed by atoms with E-state index in [4.69, 9.17) is 0 Å². The smallest absolute Gasteiger partial charge is 0.188 e. The number of hydrogen-bond donors (Lipinski definition) is 0. The summed E-state index contributed by atoms with van der Waals surface area (Å²) in [5, 5.41) is 10.7. The van der Waals surface area contributed by atoms with Gasteiger partial charge in [-0.25, -0.2) is 13.1 Å². The van der Waals surface area contributed by atoms with Crippen molar-refractivity contribution >= 4 is 9.84 Å². The molecule has 1 aromatic carbocycles. The lowest BCUT2D eigenvalue weighted by molar-refractivity contribution is 0.556. The van der Waals surface area contributed by atoms with Gasteiger partial charge in [0.2, 0.25) is 0 Å². The molecule has 1 aromatic heterocycles. The summed E-state index contributed by atoms with van der Waals surface area (Å²) < 4.78 is 27.0. The standard InChI is InChI=1S/C13H16N4O2S/c1-9-4-3-5-12(8-9)20(18,19)10(2)13-14-15-16-17(13)11-6-7-11/h3-5,8,10-11H,6-7H2,1-2H3. The molecular formula is C13H16N4O2S. The monoisotopic (exact) mass is 292 g/mol. The number of rotatable bonds is 4. The summed E-state index contributed by atoms with van der Waals surface area (Å²) in [6.45, 7) is 3.51. The molecule has 1 aliphatic carbocycles. The van der Waals surface area contributed by atoms with Crippen molar-refractivity contribution in [1.82, 2.24) is 20.2 Å². The van der Waals surface area contributed by atoms with Crippen LogP contribution in [0.15, 0.2) is 29.2 Å². The number of nitrogens with zero attached hydrogens (tertiary/aromatic N) is 4. The van der Waals surface area contributed by atoms with Gasteiger partial charge >= 0.3 is 0 Å². The number of tetrazole rings is 1. The van der Waals surface area contributed by atoms with Crippen molar-refractivity contribution in [3.8, 4) is 0 Å². The minimum absolute atomic E-state index is 0.259. The summed E-state index contributed by atoms with van der Waals surface area (Å²) in [5.74, 6) is 0.425. The summed E-state index contributed by atoms with van der Waals surface area (Å²) in [5.41, 5.74) is 0.917. The molecule has 1 atom stereocenters. The van der Waals surface area contributed by atoms with Crippen molar-refractivity contribution < 1.29 is 8.42 Å². The first-order valence-electron chi connectivity index (χ1n) is 6.58. The van der Waals surface area contributed by atoms with Crippen molar-refractivity contribution in [1.29, 1.82) is 0 Å². The molecule has 1 heterocycles.